The number of anilines is 1. The van der Waals surface area contributed by atoms with E-state index in [1.807, 2.05) is 0 Å². The quantitative estimate of drug-likeness (QED) is 0.0690. The number of benzene rings is 5. The lowest BCUT2D eigenvalue weighted by atomic mass is 10.1. The maximum absolute atomic E-state index is 12.1. The van der Waals surface area contributed by atoms with Gasteiger partial charge < -0.3 is 15.6 Å². The molecule has 6 N–H and O–H groups in total. The van der Waals surface area contributed by atoms with Crippen molar-refractivity contribution in [1.29, 1.82) is 0 Å². The van der Waals surface area contributed by atoms with Gasteiger partial charge >= 0.3 is 0 Å². The number of ether oxygens (including phenoxy) is 1. The van der Waals surface area contributed by atoms with E-state index in [2.05, 4.69) is 20.5 Å². The second-order valence-corrected chi connectivity index (χ2v) is 14.2. The van der Waals surface area contributed by atoms with Gasteiger partial charge in [0, 0.05) is 27.9 Å². The zero-order valence-electron chi connectivity index (χ0n) is 24.1. The molecule has 5 aromatic carbocycles. The molecule has 0 bridgehead atoms. The third-order valence-corrected chi connectivity index (χ3v) is 9.51. The highest BCUT2D eigenvalue weighted by Crippen LogP contribution is 2.43. The number of phenolic OH excluding ortho intramolecular Hbond substituents is 1. The molecule has 0 saturated carbocycles. The lowest BCUT2D eigenvalue weighted by Crippen LogP contribution is -2.03. The van der Waals surface area contributed by atoms with Crippen LogP contribution in [-0.2, 0) is 30.4 Å². The SMILES string of the molecule is COc1cc(N=Nc2cc(S(=O)(=O)O)c3cccc(S(=O)(=O)O)c3c2)c(C)cc1N=Nc1c(S(=O)(=O)O)cc2cc(N)ccc2c1O. The number of aryl methyl sites for hydroxylation is 1. The van der Waals surface area contributed by atoms with Crippen LogP contribution in [0.15, 0.2) is 102 Å². The van der Waals surface area contributed by atoms with E-state index in [-0.39, 0.29) is 50.0 Å². The second-order valence-electron chi connectivity index (χ2n) is 9.98. The average Bonchev–Trinajstić information content (AvgIpc) is 2.97. The molecule has 0 aliphatic carbocycles. The predicted molar refractivity (Wildman–Crippen MR) is 169 cm³/mol. The van der Waals surface area contributed by atoms with Gasteiger partial charge in [0.25, 0.3) is 30.4 Å². The van der Waals surface area contributed by atoms with Crippen molar-refractivity contribution in [2.24, 2.45) is 20.5 Å². The molecule has 47 heavy (non-hydrogen) atoms. The predicted octanol–water partition coefficient (Wildman–Crippen LogP) is 6.17. The number of nitrogens with two attached hydrogens (primary N) is 1. The van der Waals surface area contributed by atoms with Gasteiger partial charge in [-0.05, 0) is 66.4 Å². The third kappa shape index (κ3) is 6.75. The highest BCUT2D eigenvalue weighted by atomic mass is 32.2. The van der Waals surface area contributed by atoms with Gasteiger partial charge in [-0.15, -0.1) is 10.2 Å². The number of methoxy groups -OCH3 is 1. The summed E-state index contributed by atoms with van der Waals surface area (Å²) in [6.07, 6.45) is 0. The number of hydrogen-bond acceptors (Lipinski definition) is 13. The number of phenols is 1. The fraction of sp³-hybridized carbons (Fsp3) is 0.0714. The molecule has 0 spiro atoms. The molecule has 16 nitrogen and oxygen atoms in total. The van der Waals surface area contributed by atoms with Crippen molar-refractivity contribution in [2.45, 2.75) is 21.6 Å². The summed E-state index contributed by atoms with van der Waals surface area (Å²) in [5, 5.41) is 26.8. The molecule has 0 heterocycles. The Morgan fingerprint density at radius 2 is 1.32 bits per heavy atom. The minimum absolute atomic E-state index is 0.0409. The van der Waals surface area contributed by atoms with E-state index in [0.29, 0.717) is 5.56 Å². The van der Waals surface area contributed by atoms with Gasteiger partial charge in [0.05, 0.1) is 18.5 Å². The first-order valence-electron chi connectivity index (χ1n) is 12.9. The zero-order valence-corrected chi connectivity index (χ0v) is 26.5. The Labute approximate surface area is 267 Å². The topological polar surface area (TPSA) is 268 Å². The molecule has 0 aliphatic heterocycles. The van der Waals surface area contributed by atoms with Crippen molar-refractivity contribution in [1.82, 2.24) is 0 Å². The maximum Gasteiger partial charge on any atom is 0.296 e. The molecular weight excluding hydrogens is 679 g/mol. The monoisotopic (exact) mass is 701 g/mol. The molecule has 0 amide bonds. The van der Waals surface area contributed by atoms with Crippen molar-refractivity contribution < 1.29 is 48.8 Å². The van der Waals surface area contributed by atoms with E-state index in [0.717, 1.165) is 24.3 Å². The fourth-order valence-electron chi connectivity index (χ4n) is 4.70. The van der Waals surface area contributed by atoms with E-state index in [1.54, 1.807) is 6.92 Å². The van der Waals surface area contributed by atoms with E-state index in [4.69, 9.17) is 10.5 Å². The summed E-state index contributed by atoms with van der Waals surface area (Å²) in [5.74, 6) is -0.544. The van der Waals surface area contributed by atoms with Crippen molar-refractivity contribution in [3.05, 3.63) is 72.3 Å². The summed E-state index contributed by atoms with van der Waals surface area (Å²) in [4.78, 5) is -2.03. The molecule has 5 rings (SSSR count). The number of nitrogen functional groups attached to an aromatic ring is 1. The van der Waals surface area contributed by atoms with Crippen LogP contribution in [0.25, 0.3) is 21.5 Å². The van der Waals surface area contributed by atoms with Crippen LogP contribution in [0.4, 0.5) is 28.4 Å². The first-order chi connectivity index (χ1) is 21.9. The average molecular weight is 702 g/mol. The molecule has 0 saturated heterocycles. The van der Waals surface area contributed by atoms with Gasteiger partial charge in [-0.3, -0.25) is 13.7 Å². The third-order valence-electron chi connectivity index (χ3n) is 6.84. The number of nitrogens with zero attached hydrogens (tertiary/aromatic N) is 4. The van der Waals surface area contributed by atoms with Crippen molar-refractivity contribution in [3.8, 4) is 11.5 Å². The van der Waals surface area contributed by atoms with Gasteiger partial charge in [-0.25, -0.2) is 0 Å². The first kappa shape index (κ1) is 33.3. The van der Waals surface area contributed by atoms with E-state index in [9.17, 15) is 44.0 Å². The number of azo groups is 2. The van der Waals surface area contributed by atoms with Crippen molar-refractivity contribution in [3.63, 3.8) is 0 Å². The molecule has 0 aliphatic rings. The highest BCUT2D eigenvalue weighted by Gasteiger charge is 2.23. The molecule has 0 radical (unpaired) electrons. The first-order valence-corrected chi connectivity index (χ1v) is 17.3. The normalized spacial score (nSPS) is 12.9. The molecule has 0 unspecified atom stereocenters. The van der Waals surface area contributed by atoms with Crippen molar-refractivity contribution >= 4 is 80.3 Å². The number of aromatic hydroxyl groups is 1. The van der Waals surface area contributed by atoms with Crippen LogP contribution in [0.1, 0.15) is 5.56 Å². The van der Waals surface area contributed by atoms with Gasteiger partial charge in [-0.2, -0.15) is 35.5 Å². The van der Waals surface area contributed by atoms with Crippen LogP contribution in [0.3, 0.4) is 0 Å². The lowest BCUT2D eigenvalue weighted by molar-refractivity contribution is 0.416. The smallest absolute Gasteiger partial charge is 0.296 e. The summed E-state index contributed by atoms with van der Waals surface area (Å²) in [5.41, 5.74) is 5.88. The van der Waals surface area contributed by atoms with Crippen LogP contribution in [0.2, 0.25) is 0 Å². The standard InChI is InChI=1S/C28H23N5O11S3/c1-14-8-22(32-33-27-26(47(41,42)43)10-15-9-16(29)6-7-18(15)28(27)34)23(44-2)13-21(14)31-30-17-11-20-19(25(12-17)46(38,39)40)4-3-5-24(20)45(35,36)37/h3-13,34H,29H2,1-2H3,(H,35,36,37)(H,38,39,40)(H,41,42,43). The van der Waals surface area contributed by atoms with E-state index in [1.165, 1.54) is 49.6 Å². The van der Waals surface area contributed by atoms with Crippen LogP contribution >= 0.6 is 0 Å². The van der Waals surface area contributed by atoms with Crippen LogP contribution in [-0.4, -0.2) is 51.1 Å². The zero-order chi connectivity index (χ0) is 34.5. The van der Waals surface area contributed by atoms with Crippen LogP contribution in [0, 0.1) is 6.92 Å². The Morgan fingerprint density at radius 3 is 1.96 bits per heavy atom. The summed E-state index contributed by atoms with van der Waals surface area (Å²) >= 11 is 0. The van der Waals surface area contributed by atoms with Crippen molar-refractivity contribution in [2.75, 3.05) is 12.8 Å². The summed E-state index contributed by atoms with van der Waals surface area (Å²) in [6.45, 7) is 1.58. The van der Waals surface area contributed by atoms with Gasteiger partial charge in [0.15, 0.2) is 5.75 Å². The van der Waals surface area contributed by atoms with E-state index < -0.39 is 56.5 Å². The second kappa shape index (κ2) is 12.0. The molecule has 19 heteroatoms. The molecule has 5 aromatic rings. The number of hydrogen-bond donors (Lipinski definition) is 5. The Morgan fingerprint density at radius 1 is 0.660 bits per heavy atom. The largest absolute Gasteiger partial charge is 0.505 e. The van der Waals surface area contributed by atoms with Crippen LogP contribution in [0.5, 0.6) is 11.5 Å². The Kier molecular flexibility index (Phi) is 8.47. The molecule has 0 aromatic heterocycles. The minimum atomic E-state index is -4.88. The summed E-state index contributed by atoms with van der Waals surface area (Å²) < 4.78 is 107. The molecule has 0 fully saturated rings. The highest BCUT2D eigenvalue weighted by molar-refractivity contribution is 7.86. The van der Waals surface area contributed by atoms with Gasteiger partial charge in [0.1, 0.15) is 31.8 Å². The van der Waals surface area contributed by atoms with Gasteiger partial charge in [0.2, 0.25) is 0 Å². The number of fused-ring (bicyclic) bond motifs is 2. The Balaban J connectivity index is 1.59. The molecule has 0 atom stereocenters. The lowest BCUT2D eigenvalue weighted by Gasteiger charge is -2.10. The Hall–Kier alpha value is -5.05. The van der Waals surface area contributed by atoms with Crippen LogP contribution < -0.4 is 10.5 Å². The maximum atomic E-state index is 12.1. The molecular formula is C28H23N5O11S3. The Bertz CT molecular complexity index is 2520. The van der Waals surface area contributed by atoms with Gasteiger partial charge in [-0.1, -0.05) is 12.1 Å². The summed E-state index contributed by atoms with van der Waals surface area (Å²) in [6, 6.07) is 13.8. The number of rotatable bonds is 8. The summed E-state index contributed by atoms with van der Waals surface area (Å²) in [7, 11) is -13.3. The minimum Gasteiger partial charge on any atom is -0.505 e. The van der Waals surface area contributed by atoms with E-state index >= 15 is 0 Å². The fourth-order valence-corrected chi connectivity index (χ4v) is 6.78. The molecule has 244 valence electrons.